The average Bonchev–Trinajstić information content (AvgIpc) is 3.75. The number of methoxy groups -OCH3 is 1. The van der Waals surface area contributed by atoms with Crippen LogP contribution in [-0.4, -0.2) is 43.4 Å². The predicted octanol–water partition coefficient (Wildman–Crippen LogP) is 6.23. The third-order valence-corrected chi connectivity index (χ3v) is 7.10. The Bertz CT molecular complexity index is 1380. The van der Waals surface area contributed by atoms with Gasteiger partial charge in [-0.1, -0.05) is 11.6 Å². The number of aromatic nitrogens is 1. The van der Waals surface area contributed by atoms with Crippen LogP contribution in [0.1, 0.15) is 47.8 Å². The molecule has 3 aromatic rings. The van der Waals surface area contributed by atoms with Gasteiger partial charge in [0.2, 0.25) is 0 Å². The van der Waals surface area contributed by atoms with Crippen molar-refractivity contribution >= 4 is 17.5 Å². The van der Waals surface area contributed by atoms with Crippen LogP contribution in [0.5, 0.6) is 11.5 Å². The lowest BCUT2D eigenvalue weighted by Crippen LogP contribution is -2.49. The summed E-state index contributed by atoms with van der Waals surface area (Å²) >= 11 is 5.93. The molecule has 0 aliphatic heterocycles. The van der Waals surface area contributed by atoms with Gasteiger partial charge in [0.05, 0.1) is 29.6 Å². The average molecular weight is 580 g/mol. The number of rotatable bonds is 11. The van der Waals surface area contributed by atoms with Crippen LogP contribution in [0.4, 0.5) is 17.6 Å². The second-order valence-corrected chi connectivity index (χ2v) is 10.4. The van der Waals surface area contributed by atoms with E-state index in [-0.39, 0.29) is 28.1 Å². The van der Waals surface area contributed by atoms with E-state index >= 15 is 0 Å². The van der Waals surface area contributed by atoms with Crippen LogP contribution in [-0.2, 0) is 11.8 Å². The highest BCUT2D eigenvalue weighted by molar-refractivity contribution is 6.31. The minimum absolute atomic E-state index is 0.102. The van der Waals surface area contributed by atoms with Crippen LogP contribution in [0.15, 0.2) is 48.5 Å². The minimum atomic E-state index is -4.78. The van der Waals surface area contributed by atoms with Crippen molar-refractivity contribution in [2.45, 2.75) is 50.3 Å². The molecule has 1 heterocycles. The van der Waals surface area contributed by atoms with Gasteiger partial charge in [0.25, 0.3) is 5.91 Å². The first kappa shape index (κ1) is 29.6. The smallest absolute Gasteiger partial charge is 0.401 e. The number of nitrogens with zero attached hydrogens (tertiary/aromatic N) is 1. The Morgan fingerprint density at radius 1 is 1.12 bits per heavy atom. The molecule has 0 radical (unpaired) electrons. The monoisotopic (exact) mass is 579 g/mol. The van der Waals surface area contributed by atoms with Crippen molar-refractivity contribution in [1.29, 1.82) is 0 Å². The Labute approximate surface area is 234 Å². The number of benzene rings is 2. The van der Waals surface area contributed by atoms with Crippen LogP contribution in [0.2, 0.25) is 5.02 Å². The quantitative estimate of drug-likeness (QED) is 0.263. The molecule has 0 bridgehead atoms. The summed E-state index contributed by atoms with van der Waals surface area (Å²) in [6.45, 7) is 0.543. The first-order chi connectivity index (χ1) is 18.9. The van der Waals surface area contributed by atoms with Gasteiger partial charge in [-0.15, -0.1) is 0 Å². The molecule has 1 aliphatic carbocycles. The molecule has 214 valence electrons. The van der Waals surface area contributed by atoms with Crippen molar-refractivity contribution < 1.29 is 31.8 Å². The van der Waals surface area contributed by atoms with E-state index in [2.05, 4.69) is 10.3 Å². The van der Waals surface area contributed by atoms with Crippen molar-refractivity contribution in [2.75, 3.05) is 20.2 Å². The van der Waals surface area contributed by atoms with E-state index in [0.717, 1.165) is 25.8 Å². The number of aryl methyl sites for hydroxylation is 1. The number of amides is 1. The maximum Gasteiger partial charge on any atom is 0.401 e. The molecule has 11 heteroatoms. The normalized spacial score (nSPS) is 14.9. The third kappa shape index (κ3) is 6.67. The SMILES string of the molecule is COc1cc(C(=O)NCC(C)(c2cc(CCCN)cc(-c3ccc(F)c(Cl)c3)n2)C(F)(F)F)ccc1OC1CC1. The molecule has 1 aliphatic rings. The van der Waals surface area contributed by atoms with E-state index in [1.807, 2.05) is 0 Å². The molecule has 40 heavy (non-hydrogen) atoms. The van der Waals surface area contributed by atoms with Crippen LogP contribution in [0, 0.1) is 5.82 Å². The Morgan fingerprint density at radius 2 is 1.88 bits per heavy atom. The number of alkyl halides is 3. The molecule has 1 aromatic heterocycles. The summed E-state index contributed by atoms with van der Waals surface area (Å²) in [6, 6.07) is 11.3. The van der Waals surface area contributed by atoms with E-state index in [0.29, 0.717) is 42.0 Å². The molecule has 1 fully saturated rings. The first-order valence-corrected chi connectivity index (χ1v) is 13.2. The maximum atomic E-state index is 14.7. The number of pyridine rings is 1. The summed E-state index contributed by atoms with van der Waals surface area (Å²) in [6.07, 6.45) is -1.88. The zero-order valence-corrected chi connectivity index (χ0v) is 22.8. The number of nitrogens with two attached hydrogens (primary N) is 1. The number of hydrogen-bond donors (Lipinski definition) is 2. The molecular weight excluding hydrogens is 550 g/mol. The lowest BCUT2D eigenvalue weighted by Gasteiger charge is -2.32. The van der Waals surface area contributed by atoms with Crippen molar-refractivity contribution in [3.05, 3.63) is 76.2 Å². The van der Waals surface area contributed by atoms with Gasteiger partial charge in [0, 0.05) is 17.7 Å². The zero-order chi connectivity index (χ0) is 29.1. The highest BCUT2D eigenvalue weighted by Crippen LogP contribution is 2.41. The highest BCUT2D eigenvalue weighted by Gasteiger charge is 2.53. The van der Waals surface area contributed by atoms with Gasteiger partial charge in [0.15, 0.2) is 11.5 Å². The second kappa shape index (κ2) is 12.0. The fourth-order valence-electron chi connectivity index (χ4n) is 4.09. The summed E-state index contributed by atoms with van der Waals surface area (Å²) in [5.74, 6) is -0.586. The number of halogens is 5. The molecule has 6 nitrogen and oxygen atoms in total. The van der Waals surface area contributed by atoms with E-state index in [4.69, 9.17) is 26.8 Å². The van der Waals surface area contributed by atoms with Gasteiger partial charge in [0.1, 0.15) is 11.2 Å². The lowest BCUT2D eigenvalue weighted by atomic mass is 9.83. The molecule has 2 aromatic carbocycles. The molecule has 1 saturated carbocycles. The molecular formula is C29H30ClF4N3O3. The van der Waals surface area contributed by atoms with E-state index in [1.165, 1.54) is 37.4 Å². The number of hydrogen-bond acceptors (Lipinski definition) is 5. The van der Waals surface area contributed by atoms with Crippen LogP contribution in [0.3, 0.4) is 0 Å². The van der Waals surface area contributed by atoms with Crippen molar-refractivity contribution in [3.63, 3.8) is 0 Å². The molecule has 3 N–H and O–H groups in total. The predicted molar refractivity (Wildman–Crippen MR) is 144 cm³/mol. The van der Waals surface area contributed by atoms with Crippen LogP contribution in [0.25, 0.3) is 11.3 Å². The standard InChI is InChI=1S/C29H30ClF4N3O3/c1-28(29(32,33)34,16-36-27(38)19-6-10-24(25(15-19)39-2)40-20-7-8-20)26-13-17(4-3-11-35)12-23(37-26)18-5-9-22(31)21(30)14-18/h5-6,9-10,12-15,20H,3-4,7-8,11,16,35H2,1-2H3,(H,36,38). The first-order valence-electron chi connectivity index (χ1n) is 12.8. The summed E-state index contributed by atoms with van der Waals surface area (Å²) in [4.78, 5) is 17.3. The largest absolute Gasteiger partial charge is 0.493 e. The maximum absolute atomic E-state index is 14.7. The Balaban J connectivity index is 1.65. The van der Waals surface area contributed by atoms with Gasteiger partial charge < -0.3 is 20.5 Å². The highest BCUT2D eigenvalue weighted by atomic mass is 35.5. The van der Waals surface area contributed by atoms with E-state index < -0.39 is 29.9 Å². The zero-order valence-electron chi connectivity index (χ0n) is 22.1. The van der Waals surface area contributed by atoms with Gasteiger partial charge in [-0.05, 0) is 93.2 Å². The van der Waals surface area contributed by atoms with Crippen molar-refractivity contribution in [2.24, 2.45) is 5.73 Å². The summed E-state index contributed by atoms with van der Waals surface area (Å²) in [7, 11) is 1.42. The molecule has 0 spiro atoms. The summed E-state index contributed by atoms with van der Waals surface area (Å²) in [5.41, 5.74) is 4.03. The summed E-state index contributed by atoms with van der Waals surface area (Å²) in [5, 5.41) is 2.24. The lowest BCUT2D eigenvalue weighted by molar-refractivity contribution is -0.184. The number of ether oxygens (including phenoxy) is 2. The van der Waals surface area contributed by atoms with E-state index in [1.54, 1.807) is 12.1 Å². The van der Waals surface area contributed by atoms with E-state index in [9.17, 15) is 22.4 Å². The number of carbonyl (C=O) groups is 1. The molecule has 1 unspecified atom stereocenters. The fourth-order valence-corrected chi connectivity index (χ4v) is 4.27. The topological polar surface area (TPSA) is 86.5 Å². The number of carbonyl (C=O) groups excluding carboxylic acids is 1. The van der Waals surface area contributed by atoms with Gasteiger partial charge in [-0.3, -0.25) is 9.78 Å². The Morgan fingerprint density at radius 3 is 2.50 bits per heavy atom. The third-order valence-electron chi connectivity index (χ3n) is 6.81. The summed E-state index contributed by atoms with van der Waals surface area (Å²) < 4.78 is 68.8. The van der Waals surface area contributed by atoms with Crippen LogP contribution < -0.4 is 20.5 Å². The second-order valence-electron chi connectivity index (χ2n) is 9.96. The van der Waals surface area contributed by atoms with Gasteiger partial charge in [-0.2, -0.15) is 13.2 Å². The fraction of sp³-hybridized carbons (Fsp3) is 0.379. The van der Waals surface area contributed by atoms with Gasteiger partial charge in [-0.25, -0.2) is 4.39 Å². The minimum Gasteiger partial charge on any atom is -0.493 e. The molecule has 0 saturated heterocycles. The van der Waals surface area contributed by atoms with Crippen molar-refractivity contribution in [3.8, 4) is 22.8 Å². The van der Waals surface area contributed by atoms with Crippen LogP contribution >= 0.6 is 11.6 Å². The molecule has 1 atom stereocenters. The van der Waals surface area contributed by atoms with Crippen molar-refractivity contribution in [1.82, 2.24) is 10.3 Å². The molecule has 1 amide bonds. The van der Waals surface area contributed by atoms with Gasteiger partial charge >= 0.3 is 6.18 Å². The molecule has 4 rings (SSSR count). The Kier molecular flexibility index (Phi) is 8.90. The Hall–Kier alpha value is -3.37. The number of nitrogens with one attached hydrogen (secondary N) is 1.